The van der Waals surface area contributed by atoms with Crippen LogP contribution in [0.1, 0.15) is 29.5 Å². The predicted octanol–water partition coefficient (Wildman–Crippen LogP) is 4.75. The summed E-state index contributed by atoms with van der Waals surface area (Å²) in [5.41, 5.74) is 3.30. The van der Waals surface area contributed by atoms with Gasteiger partial charge in [-0.1, -0.05) is 42.5 Å². The summed E-state index contributed by atoms with van der Waals surface area (Å²) < 4.78 is 60.3. The van der Waals surface area contributed by atoms with E-state index in [0.29, 0.717) is 23.7 Å². The summed E-state index contributed by atoms with van der Waals surface area (Å²) in [6.45, 7) is 0.808. The highest BCUT2D eigenvalue weighted by Gasteiger charge is 2.31. The first-order chi connectivity index (χ1) is 17.4. The molecule has 190 valence electrons. The molecule has 6 nitrogen and oxygen atoms in total. The van der Waals surface area contributed by atoms with Gasteiger partial charge in [0.15, 0.2) is 11.5 Å². The summed E-state index contributed by atoms with van der Waals surface area (Å²) in [6, 6.07) is 19.2. The van der Waals surface area contributed by atoms with Gasteiger partial charge in [0.1, 0.15) is 16.8 Å². The smallest absolute Gasteiger partial charge is 0.246 e. The third kappa shape index (κ3) is 5.26. The van der Waals surface area contributed by atoms with Crippen LogP contribution in [0.3, 0.4) is 0 Å². The summed E-state index contributed by atoms with van der Waals surface area (Å²) in [4.78, 5) is -0.337. The second-order valence-corrected chi connectivity index (χ2v) is 11.2. The van der Waals surface area contributed by atoms with Crippen LogP contribution in [0.2, 0.25) is 0 Å². The average molecular weight is 512 g/mol. The molecule has 5 rings (SSSR count). The Balaban J connectivity index is 1.37. The van der Waals surface area contributed by atoms with Crippen molar-refractivity contribution in [1.82, 2.24) is 4.31 Å². The first-order valence-corrected chi connectivity index (χ1v) is 13.6. The number of benzene rings is 3. The van der Waals surface area contributed by atoms with Crippen LogP contribution in [0.4, 0.5) is 4.39 Å². The number of hydrogen-bond donors (Lipinski definition) is 0. The Morgan fingerprint density at radius 3 is 2.39 bits per heavy atom. The molecule has 1 unspecified atom stereocenters. The van der Waals surface area contributed by atoms with Gasteiger partial charge in [-0.15, -0.1) is 0 Å². The fourth-order valence-corrected chi connectivity index (χ4v) is 6.47. The molecule has 0 aromatic heterocycles. The van der Waals surface area contributed by atoms with Crippen LogP contribution in [0.15, 0.2) is 71.6 Å². The lowest BCUT2D eigenvalue weighted by molar-refractivity contribution is 0.0925. The van der Waals surface area contributed by atoms with Crippen molar-refractivity contribution in [2.45, 2.75) is 49.3 Å². The van der Waals surface area contributed by atoms with Crippen molar-refractivity contribution < 1.29 is 27.0 Å². The predicted molar refractivity (Wildman–Crippen MR) is 134 cm³/mol. The standard InChI is InChI=1S/C28H30FNO5S/c1-33-27-15-20(12-13-26(27)35-24-16-21-7-2-3-8-22(21)17-24)18-30(19-23-9-6-14-34-23)36(31,32)28-11-5-4-10-25(28)29/h2-5,7-8,10-13,15,23-24H,6,9,14,16-19H2,1H3. The molecule has 0 spiro atoms. The van der Waals surface area contributed by atoms with Crippen LogP contribution in [-0.4, -0.2) is 45.2 Å². The van der Waals surface area contributed by atoms with E-state index < -0.39 is 15.8 Å². The Labute approximate surface area is 211 Å². The molecule has 0 N–H and O–H groups in total. The Kier molecular flexibility index (Phi) is 7.27. The van der Waals surface area contributed by atoms with Crippen LogP contribution in [0, 0.1) is 5.82 Å². The second kappa shape index (κ2) is 10.6. The van der Waals surface area contributed by atoms with Gasteiger partial charge in [0.25, 0.3) is 0 Å². The maximum absolute atomic E-state index is 14.5. The second-order valence-electron chi connectivity index (χ2n) is 9.27. The van der Waals surface area contributed by atoms with E-state index in [1.165, 1.54) is 33.6 Å². The maximum atomic E-state index is 14.5. The zero-order valence-corrected chi connectivity index (χ0v) is 21.0. The number of sulfonamides is 1. The van der Waals surface area contributed by atoms with Crippen molar-refractivity contribution in [1.29, 1.82) is 0 Å². The number of halogens is 1. The quantitative estimate of drug-likeness (QED) is 0.415. The lowest BCUT2D eigenvalue weighted by Crippen LogP contribution is -2.37. The number of nitrogens with zero attached hydrogens (tertiary/aromatic N) is 1. The molecule has 0 saturated carbocycles. The van der Waals surface area contributed by atoms with E-state index in [-0.39, 0.29) is 30.2 Å². The topological polar surface area (TPSA) is 65.1 Å². The van der Waals surface area contributed by atoms with E-state index in [9.17, 15) is 12.8 Å². The monoisotopic (exact) mass is 511 g/mol. The summed E-state index contributed by atoms with van der Waals surface area (Å²) >= 11 is 0. The van der Waals surface area contributed by atoms with Gasteiger partial charge in [-0.25, -0.2) is 12.8 Å². The highest BCUT2D eigenvalue weighted by atomic mass is 32.2. The highest BCUT2D eigenvalue weighted by Crippen LogP contribution is 2.33. The minimum Gasteiger partial charge on any atom is -0.493 e. The molecule has 2 aliphatic rings. The third-order valence-electron chi connectivity index (χ3n) is 6.78. The molecule has 0 radical (unpaired) electrons. The van der Waals surface area contributed by atoms with Crippen molar-refractivity contribution in [3.05, 3.63) is 89.2 Å². The van der Waals surface area contributed by atoms with Gasteiger partial charge in [-0.3, -0.25) is 0 Å². The van der Waals surface area contributed by atoms with Gasteiger partial charge < -0.3 is 14.2 Å². The van der Waals surface area contributed by atoms with Gasteiger partial charge in [0, 0.05) is 32.5 Å². The molecule has 36 heavy (non-hydrogen) atoms. The fraction of sp³-hybridized carbons (Fsp3) is 0.357. The lowest BCUT2D eigenvalue weighted by Gasteiger charge is -2.25. The van der Waals surface area contributed by atoms with Crippen LogP contribution < -0.4 is 9.47 Å². The summed E-state index contributed by atoms with van der Waals surface area (Å²) in [6.07, 6.45) is 3.10. The lowest BCUT2D eigenvalue weighted by atomic mass is 10.1. The number of rotatable bonds is 9. The minimum atomic E-state index is -4.09. The number of hydrogen-bond acceptors (Lipinski definition) is 5. The van der Waals surface area contributed by atoms with Crippen molar-refractivity contribution >= 4 is 10.0 Å². The van der Waals surface area contributed by atoms with Gasteiger partial charge in [-0.05, 0) is 53.8 Å². The van der Waals surface area contributed by atoms with E-state index in [2.05, 4.69) is 12.1 Å². The van der Waals surface area contributed by atoms with E-state index >= 15 is 0 Å². The number of fused-ring (bicyclic) bond motifs is 1. The zero-order valence-electron chi connectivity index (χ0n) is 20.2. The molecular formula is C28H30FNO5S. The molecule has 0 amide bonds. The average Bonchev–Trinajstić information content (AvgIpc) is 3.54. The van der Waals surface area contributed by atoms with E-state index in [1.54, 1.807) is 13.2 Å². The van der Waals surface area contributed by atoms with Gasteiger partial charge in [0.05, 0.1) is 13.2 Å². The molecule has 3 aromatic rings. The minimum absolute atomic E-state index is 0.0135. The van der Waals surface area contributed by atoms with Crippen LogP contribution in [0.25, 0.3) is 0 Å². The Bertz CT molecular complexity index is 1300. The van der Waals surface area contributed by atoms with Crippen LogP contribution >= 0.6 is 0 Å². The first-order valence-electron chi connectivity index (χ1n) is 12.2. The Morgan fingerprint density at radius 2 is 1.72 bits per heavy atom. The molecule has 1 fully saturated rings. The third-order valence-corrected chi connectivity index (χ3v) is 8.62. The van der Waals surface area contributed by atoms with Crippen molar-refractivity contribution in [2.75, 3.05) is 20.3 Å². The maximum Gasteiger partial charge on any atom is 0.246 e. The molecule has 1 atom stereocenters. The number of methoxy groups -OCH3 is 1. The van der Waals surface area contributed by atoms with Crippen molar-refractivity contribution in [2.24, 2.45) is 0 Å². The molecule has 0 bridgehead atoms. The molecule has 1 aliphatic heterocycles. The summed E-state index contributed by atoms with van der Waals surface area (Å²) in [5.74, 6) is 0.374. The molecular weight excluding hydrogens is 481 g/mol. The SMILES string of the molecule is COc1cc(CN(CC2CCCO2)S(=O)(=O)c2ccccc2F)ccc1OC1Cc2ccccc2C1. The van der Waals surface area contributed by atoms with Gasteiger partial charge in [-0.2, -0.15) is 4.31 Å². The van der Waals surface area contributed by atoms with Gasteiger partial charge >= 0.3 is 0 Å². The summed E-state index contributed by atoms with van der Waals surface area (Å²) in [7, 11) is -2.53. The molecule has 1 heterocycles. The Hall–Kier alpha value is -2.94. The Morgan fingerprint density at radius 1 is 1.00 bits per heavy atom. The van der Waals surface area contributed by atoms with E-state index in [0.717, 1.165) is 31.7 Å². The highest BCUT2D eigenvalue weighted by molar-refractivity contribution is 7.89. The van der Waals surface area contributed by atoms with Crippen molar-refractivity contribution in [3.63, 3.8) is 0 Å². The molecule has 3 aromatic carbocycles. The van der Waals surface area contributed by atoms with Crippen LogP contribution in [0.5, 0.6) is 11.5 Å². The normalized spacial score (nSPS) is 17.9. The van der Waals surface area contributed by atoms with E-state index in [4.69, 9.17) is 14.2 Å². The molecule has 8 heteroatoms. The largest absolute Gasteiger partial charge is 0.493 e. The van der Waals surface area contributed by atoms with Crippen molar-refractivity contribution in [3.8, 4) is 11.5 Å². The fourth-order valence-electron chi connectivity index (χ4n) is 4.95. The zero-order chi connectivity index (χ0) is 25.1. The molecule has 1 aliphatic carbocycles. The first kappa shape index (κ1) is 24.7. The number of ether oxygens (including phenoxy) is 3. The molecule has 1 saturated heterocycles. The summed E-state index contributed by atoms with van der Waals surface area (Å²) in [5, 5.41) is 0. The van der Waals surface area contributed by atoms with E-state index in [1.807, 2.05) is 24.3 Å². The van der Waals surface area contributed by atoms with Gasteiger partial charge in [0.2, 0.25) is 10.0 Å². The van der Waals surface area contributed by atoms with Crippen LogP contribution in [-0.2, 0) is 34.1 Å².